The fraction of sp³-hybridized carbons (Fsp3) is 0.529. The molecule has 154 valence electrons. The fourth-order valence-corrected chi connectivity index (χ4v) is 5.19. The Labute approximate surface area is 168 Å². The Bertz CT molecular complexity index is 921. The van der Waals surface area contributed by atoms with Crippen LogP contribution in [0.1, 0.15) is 25.0 Å². The average molecular weight is 432 g/mol. The van der Waals surface area contributed by atoms with Crippen molar-refractivity contribution in [1.29, 1.82) is 0 Å². The molecule has 0 aromatic carbocycles. The molecule has 0 aliphatic carbocycles. The van der Waals surface area contributed by atoms with Crippen LogP contribution in [0, 0.1) is 11.7 Å². The summed E-state index contributed by atoms with van der Waals surface area (Å²) < 4.78 is 40.9. The van der Waals surface area contributed by atoms with E-state index >= 15 is 0 Å². The van der Waals surface area contributed by atoms with Crippen molar-refractivity contribution in [3.05, 3.63) is 35.0 Å². The molecular weight excluding hydrogens is 409 g/mol. The summed E-state index contributed by atoms with van der Waals surface area (Å²) in [7, 11) is -2.16. The predicted octanol–water partition coefficient (Wildman–Crippen LogP) is 1.86. The normalized spacial score (nSPS) is 21.4. The molecule has 1 aliphatic heterocycles. The Kier molecular flexibility index (Phi) is 6.35. The van der Waals surface area contributed by atoms with Crippen LogP contribution in [0.5, 0.6) is 0 Å². The molecule has 0 amide bonds. The van der Waals surface area contributed by atoms with Crippen LogP contribution < -0.4 is 0 Å². The van der Waals surface area contributed by atoms with Crippen LogP contribution in [0.2, 0.25) is 5.15 Å². The summed E-state index contributed by atoms with van der Waals surface area (Å²) in [4.78, 5) is 11.5. The lowest BCUT2D eigenvalue weighted by Gasteiger charge is -2.37. The highest BCUT2D eigenvalue weighted by molar-refractivity contribution is 7.86. The molecule has 8 nitrogen and oxygen atoms in total. The molecule has 1 aliphatic rings. The number of nitrogens with zero attached hydrogens (tertiary/aromatic N) is 4. The van der Waals surface area contributed by atoms with Gasteiger partial charge < -0.3 is 10.1 Å². The topological polar surface area (TPSA) is 102 Å². The van der Waals surface area contributed by atoms with Crippen LogP contribution in [0.4, 0.5) is 4.39 Å². The molecule has 28 heavy (non-hydrogen) atoms. The molecule has 0 radical (unpaired) electrons. The van der Waals surface area contributed by atoms with Gasteiger partial charge in [-0.1, -0.05) is 18.5 Å². The summed E-state index contributed by atoms with van der Waals surface area (Å²) in [6, 6.07) is 2.82. The van der Waals surface area contributed by atoms with Gasteiger partial charge in [0.1, 0.15) is 11.5 Å². The van der Waals surface area contributed by atoms with E-state index in [1.165, 1.54) is 23.5 Å². The number of piperidine rings is 1. The Morgan fingerprint density at radius 2 is 2.21 bits per heavy atom. The number of nitrogens with one attached hydrogen (secondary N) is 1. The van der Waals surface area contributed by atoms with Crippen LogP contribution in [-0.2, 0) is 10.2 Å². The monoisotopic (exact) mass is 431 g/mol. The van der Waals surface area contributed by atoms with E-state index in [9.17, 15) is 12.8 Å². The maximum Gasteiger partial charge on any atom is 0.281 e. The first kappa shape index (κ1) is 21.1. The molecule has 3 heterocycles. The smallest absolute Gasteiger partial charge is 0.281 e. The molecule has 1 saturated heterocycles. The number of aliphatic hydroxyl groups excluding tert-OH is 1. The number of hydrogen-bond donors (Lipinski definition) is 2. The number of aliphatic hydroxyl groups is 1. The van der Waals surface area contributed by atoms with Crippen LogP contribution in [0.15, 0.2) is 18.3 Å². The van der Waals surface area contributed by atoms with E-state index in [4.69, 9.17) is 16.7 Å². The number of imidazole rings is 1. The minimum Gasteiger partial charge on any atom is -0.395 e. The van der Waals surface area contributed by atoms with E-state index in [0.717, 1.165) is 16.2 Å². The van der Waals surface area contributed by atoms with Crippen molar-refractivity contribution in [3.8, 4) is 11.5 Å². The van der Waals surface area contributed by atoms with Crippen LogP contribution in [-0.4, -0.2) is 70.4 Å². The standard InChI is InChI=1S/C17H23ClFN5O3S/c1-11-10-24(28(26,27)23(2)7-8-25)6-5-13(11)15-16(18)22-17(21-15)14-4-3-12(19)9-20-14/h3-4,9,11,13,25H,5-8,10H2,1-2H3,(H,21,22)/t11-,13+/m1/s1. The number of H-pyrrole nitrogens is 1. The highest BCUT2D eigenvalue weighted by atomic mass is 35.5. The maximum absolute atomic E-state index is 13.1. The largest absolute Gasteiger partial charge is 0.395 e. The van der Waals surface area contributed by atoms with Crippen molar-refractivity contribution in [2.24, 2.45) is 5.92 Å². The quantitative estimate of drug-likeness (QED) is 0.726. The molecule has 2 aromatic rings. The summed E-state index contributed by atoms with van der Waals surface area (Å²) in [5, 5.41) is 9.32. The number of likely N-dealkylation sites (N-methyl/N-ethyl adjacent to an activating group) is 1. The first-order valence-corrected chi connectivity index (χ1v) is 10.7. The SMILES string of the molecule is C[C@@H]1CN(S(=O)(=O)N(C)CCO)CC[C@@H]1c1[nH]c(-c2ccc(F)cn2)nc1Cl. The molecule has 2 N–H and O–H groups in total. The average Bonchev–Trinajstić information content (AvgIpc) is 3.03. The van der Waals surface area contributed by atoms with Crippen LogP contribution in [0.3, 0.4) is 0 Å². The van der Waals surface area contributed by atoms with E-state index < -0.39 is 16.0 Å². The second-order valence-electron chi connectivity index (χ2n) is 6.93. The second kappa shape index (κ2) is 8.42. The number of hydrogen-bond acceptors (Lipinski definition) is 5. The van der Waals surface area contributed by atoms with Gasteiger partial charge in [-0.3, -0.25) is 0 Å². The van der Waals surface area contributed by atoms with Gasteiger partial charge in [0.15, 0.2) is 11.0 Å². The summed E-state index contributed by atoms with van der Waals surface area (Å²) in [5.74, 6) is 0.0155. The third-order valence-electron chi connectivity index (χ3n) is 5.03. The molecular formula is C17H23ClFN5O3S. The van der Waals surface area contributed by atoms with E-state index in [1.807, 2.05) is 6.92 Å². The molecule has 0 unspecified atom stereocenters. The second-order valence-corrected chi connectivity index (χ2v) is 9.33. The van der Waals surface area contributed by atoms with Gasteiger partial charge in [0.25, 0.3) is 10.2 Å². The highest BCUT2D eigenvalue weighted by Crippen LogP contribution is 2.37. The first-order chi connectivity index (χ1) is 13.2. The van der Waals surface area contributed by atoms with E-state index in [2.05, 4.69) is 15.0 Å². The van der Waals surface area contributed by atoms with Gasteiger partial charge in [-0.25, -0.2) is 14.4 Å². The summed E-state index contributed by atoms with van der Waals surface area (Å²) >= 11 is 6.33. The van der Waals surface area contributed by atoms with Crippen LogP contribution in [0.25, 0.3) is 11.5 Å². The third kappa shape index (κ3) is 4.20. The van der Waals surface area contributed by atoms with Crippen molar-refractivity contribution >= 4 is 21.8 Å². The summed E-state index contributed by atoms with van der Waals surface area (Å²) in [5.41, 5.74) is 1.21. The van der Waals surface area contributed by atoms with Crippen molar-refractivity contribution in [3.63, 3.8) is 0 Å². The van der Waals surface area contributed by atoms with Crippen molar-refractivity contribution in [2.45, 2.75) is 19.3 Å². The Morgan fingerprint density at radius 1 is 1.46 bits per heavy atom. The number of aromatic amines is 1. The zero-order valence-corrected chi connectivity index (χ0v) is 17.2. The van der Waals surface area contributed by atoms with Crippen molar-refractivity contribution in [1.82, 2.24) is 23.6 Å². The highest BCUT2D eigenvalue weighted by Gasteiger charge is 2.36. The zero-order valence-electron chi connectivity index (χ0n) is 15.6. The molecule has 0 saturated carbocycles. The molecule has 3 rings (SSSR count). The van der Waals surface area contributed by atoms with Crippen LogP contribution >= 0.6 is 11.6 Å². The van der Waals surface area contributed by atoms with Gasteiger partial charge in [0.2, 0.25) is 0 Å². The zero-order chi connectivity index (χ0) is 20.5. The van der Waals surface area contributed by atoms with Gasteiger partial charge in [0, 0.05) is 32.6 Å². The third-order valence-corrected chi connectivity index (χ3v) is 7.27. The Morgan fingerprint density at radius 3 is 2.82 bits per heavy atom. The lowest BCUT2D eigenvalue weighted by atomic mass is 9.86. The lowest BCUT2D eigenvalue weighted by molar-refractivity contribution is 0.222. The predicted molar refractivity (Wildman–Crippen MR) is 104 cm³/mol. The van der Waals surface area contributed by atoms with Gasteiger partial charge in [-0.05, 0) is 24.5 Å². The lowest BCUT2D eigenvalue weighted by Crippen LogP contribution is -2.48. The first-order valence-electron chi connectivity index (χ1n) is 8.93. The van der Waals surface area contributed by atoms with E-state index in [-0.39, 0.29) is 25.0 Å². The van der Waals surface area contributed by atoms with Gasteiger partial charge >= 0.3 is 0 Å². The van der Waals surface area contributed by atoms with Gasteiger partial charge in [-0.15, -0.1) is 0 Å². The maximum atomic E-state index is 13.1. The van der Waals surface area contributed by atoms with Gasteiger partial charge in [0.05, 0.1) is 18.5 Å². The van der Waals surface area contributed by atoms with E-state index in [0.29, 0.717) is 36.2 Å². The number of pyridine rings is 1. The molecule has 11 heteroatoms. The van der Waals surface area contributed by atoms with Crippen molar-refractivity contribution < 1.29 is 17.9 Å². The minimum atomic E-state index is -3.61. The molecule has 1 fully saturated rings. The molecule has 0 bridgehead atoms. The number of rotatable bonds is 6. The minimum absolute atomic E-state index is 0.00183. The molecule has 2 aromatic heterocycles. The summed E-state index contributed by atoms with van der Waals surface area (Å²) in [6.07, 6.45) is 1.69. The number of halogens is 2. The number of aromatic nitrogens is 3. The molecule has 2 atom stereocenters. The Balaban J connectivity index is 1.77. The van der Waals surface area contributed by atoms with Crippen molar-refractivity contribution in [2.75, 3.05) is 33.3 Å². The summed E-state index contributed by atoms with van der Waals surface area (Å²) in [6.45, 7) is 2.46. The van der Waals surface area contributed by atoms with E-state index in [1.54, 1.807) is 0 Å². The van der Waals surface area contributed by atoms with Gasteiger partial charge in [-0.2, -0.15) is 17.0 Å². The Hall–Kier alpha value is -1.59. The fourth-order valence-electron chi connectivity index (χ4n) is 3.45. The molecule has 0 spiro atoms.